The molecule has 2 N–H and O–H groups in total. The van der Waals surface area contributed by atoms with Crippen LogP contribution in [0.5, 0.6) is 11.5 Å². The summed E-state index contributed by atoms with van der Waals surface area (Å²) in [4.78, 5) is 13.9. The highest BCUT2D eigenvalue weighted by Gasteiger charge is 2.24. The van der Waals surface area contributed by atoms with Crippen LogP contribution in [0.15, 0.2) is 30.3 Å². The molecule has 0 bridgehead atoms. The van der Waals surface area contributed by atoms with Gasteiger partial charge in [0.05, 0.1) is 19.8 Å². The smallest absolute Gasteiger partial charge is 0.279 e. The molecule has 1 aliphatic heterocycles. The molecule has 0 spiro atoms. The van der Waals surface area contributed by atoms with E-state index in [-0.39, 0.29) is 5.91 Å². The third kappa shape index (κ3) is 4.84. The van der Waals surface area contributed by atoms with Gasteiger partial charge in [0.1, 0.15) is 6.54 Å². The summed E-state index contributed by atoms with van der Waals surface area (Å²) >= 11 is 0. The van der Waals surface area contributed by atoms with Crippen molar-refractivity contribution < 1.29 is 19.2 Å². The molecule has 5 nitrogen and oxygen atoms in total. The molecule has 28 heavy (non-hydrogen) atoms. The lowest BCUT2D eigenvalue weighted by Gasteiger charge is -2.26. The summed E-state index contributed by atoms with van der Waals surface area (Å²) in [6, 6.07) is 10.3. The molecule has 0 saturated heterocycles. The van der Waals surface area contributed by atoms with Gasteiger partial charge in [0.25, 0.3) is 5.91 Å². The standard InChI is InChI=1S/C23H30N2O3/c1-5-27-21-12-18-9-10-25(14-19(18)13-22(21)28-6-2)15-23(26)24-20-11-16(3)7-8-17(20)4/h7-8,11-13H,5-6,9-10,14-15H2,1-4H3,(H,24,26)/p+1. The van der Waals surface area contributed by atoms with Crippen LogP contribution in [0.1, 0.15) is 36.1 Å². The first-order valence-corrected chi connectivity index (χ1v) is 10.1. The van der Waals surface area contributed by atoms with E-state index in [1.807, 2.05) is 39.8 Å². The molecule has 0 aromatic heterocycles. The van der Waals surface area contributed by atoms with Gasteiger partial charge in [0, 0.05) is 17.7 Å². The topological polar surface area (TPSA) is 52.0 Å². The largest absolute Gasteiger partial charge is 0.490 e. The number of carbonyl (C=O) groups is 1. The minimum absolute atomic E-state index is 0.0584. The van der Waals surface area contributed by atoms with Crippen molar-refractivity contribution in [2.75, 3.05) is 31.6 Å². The highest BCUT2D eigenvalue weighted by molar-refractivity contribution is 5.92. The van der Waals surface area contributed by atoms with Crippen molar-refractivity contribution in [3.05, 3.63) is 52.6 Å². The summed E-state index contributed by atoms with van der Waals surface area (Å²) in [5.41, 5.74) is 5.68. The zero-order valence-corrected chi connectivity index (χ0v) is 17.4. The zero-order valence-electron chi connectivity index (χ0n) is 17.4. The Kier molecular flexibility index (Phi) is 6.57. The van der Waals surface area contributed by atoms with Crippen molar-refractivity contribution in [3.8, 4) is 11.5 Å². The molecule has 1 heterocycles. The molecule has 2 aromatic rings. The number of ether oxygens (including phenoxy) is 2. The van der Waals surface area contributed by atoms with E-state index in [1.165, 1.54) is 16.0 Å². The fraction of sp³-hybridized carbons (Fsp3) is 0.435. The SMILES string of the molecule is CCOc1cc2c(cc1OCC)C[NH+](CC(=O)Nc1cc(C)ccc1C)CC2. The maximum Gasteiger partial charge on any atom is 0.279 e. The normalized spacial score (nSPS) is 15.6. The number of rotatable bonds is 7. The van der Waals surface area contributed by atoms with Crippen LogP contribution in [0, 0.1) is 13.8 Å². The van der Waals surface area contributed by atoms with Gasteiger partial charge in [-0.15, -0.1) is 0 Å². The Labute approximate surface area is 167 Å². The highest BCUT2D eigenvalue weighted by atomic mass is 16.5. The molecular formula is C23H31N2O3+. The molecule has 2 aromatic carbocycles. The minimum Gasteiger partial charge on any atom is -0.490 e. The lowest BCUT2D eigenvalue weighted by molar-refractivity contribution is -0.907. The molecular weight excluding hydrogens is 352 g/mol. The Hall–Kier alpha value is -2.53. The van der Waals surface area contributed by atoms with Gasteiger partial charge in [0.2, 0.25) is 0 Å². The third-order valence-corrected chi connectivity index (χ3v) is 5.13. The predicted octanol–water partition coefficient (Wildman–Crippen LogP) is 2.68. The molecule has 0 saturated carbocycles. The van der Waals surface area contributed by atoms with Gasteiger partial charge < -0.3 is 19.7 Å². The minimum atomic E-state index is 0.0584. The van der Waals surface area contributed by atoms with Gasteiger partial charge in [0.15, 0.2) is 18.0 Å². The molecule has 0 fully saturated rings. The van der Waals surface area contributed by atoms with Crippen LogP contribution < -0.4 is 19.7 Å². The number of quaternary nitrogens is 1. The van der Waals surface area contributed by atoms with E-state index >= 15 is 0 Å². The fourth-order valence-electron chi connectivity index (χ4n) is 3.69. The van der Waals surface area contributed by atoms with Crippen LogP contribution in [0.4, 0.5) is 5.69 Å². The Morgan fingerprint density at radius 1 is 1.04 bits per heavy atom. The number of carbonyl (C=O) groups excluding carboxylic acids is 1. The maximum atomic E-state index is 12.6. The third-order valence-electron chi connectivity index (χ3n) is 5.13. The summed E-state index contributed by atoms with van der Waals surface area (Å²) in [6.07, 6.45) is 0.938. The molecule has 0 aliphatic carbocycles. The van der Waals surface area contributed by atoms with Crippen LogP contribution in [0.2, 0.25) is 0 Å². The summed E-state index contributed by atoms with van der Waals surface area (Å²) in [5.74, 6) is 1.67. The second kappa shape index (κ2) is 9.11. The second-order valence-electron chi connectivity index (χ2n) is 7.40. The van der Waals surface area contributed by atoms with Crippen LogP contribution in [-0.4, -0.2) is 32.2 Å². The zero-order chi connectivity index (χ0) is 20.1. The van der Waals surface area contributed by atoms with E-state index < -0.39 is 0 Å². The van der Waals surface area contributed by atoms with Gasteiger partial charge in [-0.3, -0.25) is 4.79 Å². The summed E-state index contributed by atoms with van der Waals surface area (Å²) in [6.45, 7) is 11.5. The van der Waals surface area contributed by atoms with Gasteiger partial charge in [-0.1, -0.05) is 12.1 Å². The average Bonchev–Trinajstić information content (AvgIpc) is 2.65. The second-order valence-corrected chi connectivity index (χ2v) is 7.40. The summed E-state index contributed by atoms with van der Waals surface area (Å²) in [7, 11) is 0. The number of hydrogen-bond acceptors (Lipinski definition) is 3. The van der Waals surface area contributed by atoms with Gasteiger partial charge in [-0.25, -0.2) is 0 Å². The molecule has 3 rings (SSSR count). The van der Waals surface area contributed by atoms with E-state index in [2.05, 4.69) is 23.5 Å². The Morgan fingerprint density at radius 2 is 1.71 bits per heavy atom. The lowest BCUT2D eigenvalue weighted by Crippen LogP contribution is -3.12. The number of anilines is 1. The monoisotopic (exact) mass is 383 g/mol. The van der Waals surface area contributed by atoms with E-state index in [9.17, 15) is 4.79 Å². The average molecular weight is 384 g/mol. The number of benzene rings is 2. The summed E-state index contributed by atoms with van der Waals surface area (Å²) in [5, 5.41) is 3.08. The van der Waals surface area contributed by atoms with E-state index in [0.29, 0.717) is 19.8 Å². The van der Waals surface area contributed by atoms with Gasteiger partial charge in [-0.2, -0.15) is 0 Å². The maximum absolute atomic E-state index is 12.6. The molecule has 1 atom stereocenters. The van der Waals surface area contributed by atoms with Crippen molar-refractivity contribution >= 4 is 11.6 Å². The molecule has 1 amide bonds. The fourth-order valence-corrected chi connectivity index (χ4v) is 3.69. The van der Waals surface area contributed by atoms with Crippen molar-refractivity contribution in [3.63, 3.8) is 0 Å². The lowest BCUT2D eigenvalue weighted by atomic mass is 9.98. The van der Waals surface area contributed by atoms with Crippen LogP contribution in [-0.2, 0) is 17.8 Å². The van der Waals surface area contributed by atoms with Crippen LogP contribution in [0.25, 0.3) is 0 Å². The quantitative estimate of drug-likeness (QED) is 0.773. The number of aryl methyl sites for hydroxylation is 2. The molecule has 1 aliphatic rings. The first kappa shape index (κ1) is 20.2. The molecule has 150 valence electrons. The van der Waals surface area contributed by atoms with Crippen molar-refractivity contribution in [2.24, 2.45) is 0 Å². The Balaban J connectivity index is 1.68. The molecule has 5 heteroatoms. The van der Waals surface area contributed by atoms with Crippen LogP contribution in [0.3, 0.4) is 0 Å². The number of amides is 1. The molecule has 0 radical (unpaired) electrons. The predicted molar refractivity (Wildman–Crippen MR) is 111 cm³/mol. The Bertz CT molecular complexity index is 848. The van der Waals surface area contributed by atoms with Gasteiger partial charge in [-0.05, 0) is 62.6 Å². The summed E-state index contributed by atoms with van der Waals surface area (Å²) < 4.78 is 11.5. The van der Waals surface area contributed by atoms with E-state index in [1.54, 1.807) is 0 Å². The number of fused-ring (bicyclic) bond motifs is 1. The first-order chi connectivity index (χ1) is 13.5. The number of hydrogen-bond donors (Lipinski definition) is 2. The number of nitrogens with one attached hydrogen (secondary N) is 2. The van der Waals surface area contributed by atoms with Crippen LogP contribution >= 0.6 is 0 Å². The van der Waals surface area contributed by atoms with Gasteiger partial charge >= 0.3 is 0 Å². The molecule has 1 unspecified atom stereocenters. The van der Waals surface area contributed by atoms with E-state index in [0.717, 1.165) is 47.8 Å². The van der Waals surface area contributed by atoms with Crippen molar-refractivity contribution in [2.45, 2.75) is 40.7 Å². The first-order valence-electron chi connectivity index (χ1n) is 10.1. The van der Waals surface area contributed by atoms with Crippen molar-refractivity contribution in [1.29, 1.82) is 0 Å². The van der Waals surface area contributed by atoms with Crippen molar-refractivity contribution in [1.82, 2.24) is 0 Å². The highest BCUT2D eigenvalue weighted by Crippen LogP contribution is 2.32. The Morgan fingerprint density at radius 3 is 2.39 bits per heavy atom. The van der Waals surface area contributed by atoms with E-state index in [4.69, 9.17) is 9.47 Å².